The van der Waals surface area contributed by atoms with E-state index < -0.39 is 6.10 Å². The normalized spacial score (nSPS) is 29.0. The number of aliphatic hydroxyl groups excluding tert-OH is 1. The molecule has 2 rings (SSSR count). The van der Waals surface area contributed by atoms with E-state index >= 15 is 0 Å². The number of halogens is 1. The summed E-state index contributed by atoms with van der Waals surface area (Å²) in [6.07, 6.45) is 6.67. The van der Waals surface area contributed by atoms with Crippen LogP contribution in [0.25, 0.3) is 0 Å². The molecule has 0 aromatic carbocycles. The van der Waals surface area contributed by atoms with Crippen LogP contribution < -0.4 is 0 Å². The molecule has 0 amide bonds. The van der Waals surface area contributed by atoms with E-state index in [1.54, 1.807) is 0 Å². The molecule has 0 bridgehead atoms. The summed E-state index contributed by atoms with van der Waals surface area (Å²) in [6, 6.07) is 0. The first kappa shape index (κ1) is 19.3. The molecule has 1 aliphatic carbocycles. The average Bonchev–Trinajstić information content (AvgIpc) is 2.99. The summed E-state index contributed by atoms with van der Waals surface area (Å²) in [5, 5.41) is 10.6. The van der Waals surface area contributed by atoms with Crippen molar-refractivity contribution in [3.05, 3.63) is 11.1 Å². The van der Waals surface area contributed by atoms with E-state index in [1.165, 1.54) is 31.3 Å². The van der Waals surface area contributed by atoms with Crippen LogP contribution in [-0.2, 0) is 4.79 Å². The van der Waals surface area contributed by atoms with E-state index in [1.807, 2.05) is 0 Å². The standard InChI is InChI=1S/C20H33IO2/c1-13(2)7-5-6-8-14(3)9-10-16-19(22)15(4)17-11-21-12-18(17)20(16)23/h11,13-16,19,22H,5-10,12H2,1-4H3/t14-,15+,16?,19?/m0/s1. The van der Waals surface area contributed by atoms with Crippen LogP contribution in [0.2, 0.25) is 0 Å². The minimum Gasteiger partial charge on any atom is -0.392 e. The fourth-order valence-electron chi connectivity index (χ4n) is 3.79. The van der Waals surface area contributed by atoms with E-state index in [9.17, 15) is 9.90 Å². The molecule has 2 aliphatic rings. The molecule has 23 heavy (non-hydrogen) atoms. The zero-order valence-corrected chi connectivity index (χ0v) is 17.3. The largest absolute Gasteiger partial charge is 0.392 e. The molecule has 1 aliphatic heterocycles. The predicted molar refractivity (Wildman–Crippen MR) is 107 cm³/mol. The Hall–Kier alpha value is -0.0300. The monoisotopic (exact) mass is 432 g/mol. The number of allylic oxidation sites excluding steroid dienone is 1. The third kappa shape index (κ3) is 4.97. The molecule has 0 aromatic heterocycles. The van der Waals surface area contributed by atoms with Crippen molar-refractivity contribution < 1.29 is 9.90 Å². The second kappa shape index (κ2) is 8.89. The van der Waals surface area contributed by atoms with Crippen LogP contribution in [0.1, 0.15) is 66.2 Å². The molecule has 0 radical (unpaired) electrons. The van der Waals surface area contributed by atoms with Gasteiger partial charge in [-0.2, -0.15) is 0 Å². The van der Waals surface area contributed by atoms with Gasteiger partial charge in [0.05, 0.1) is 6.10 Å². The fourth-order valence-corrected chi connectivity index (χ4v) is 6.69. The van der Waals surface area contributed by atoms with Crippen LogP contribution in [0, 0.1) is 23.7 Å². The first-order valence-electron chi connectivity index (χ1n) is 9.28. The number of carbonyl (C=O) groups is 1. The van der Waals surface area contributed by atoms with Crippen molar-refractivity contribution in [3.8, 4) is 0 Å². The summed E-state index contributed by atoms with van der Waals surface area (Å²) in [7, 11) is 0. The van der Waals surface area contributed by atoms with Crippen LogP contribution in [0.5, 0.6) is 0 Å². The van der Waals surface area contributed by atoms with Gasteiger partial charge in [-0.25, -0.2) is 0 Å². The van der Waals surface area contributed by atoms with Crippen molar-refractivity contribution in [1.29, 1.82) is 0 Å². The third-order valence-corrected chi connectivity index (χ3v) is 7.82. The number of alkyl halides is 1. The highest BCUT2D eigenvalue weighted by molar-refractivity contribution is 14.2. The van der Waals surface area contributed by atoms with Crippen molar-refractivity contribution in [2.45, 2.75) is 72.3 Å². The molecule has 2 nitrogen and oxygen atoms in total. The van der Waals surface area contributed by atoms with E-state index in [0.717, 1.165) is 28.8 Å². The van der Waals surface area contributed by atoms with Crippen molar-refractivity contribution in [2.24, 2.45) is 23.7 Å². The van der Waals surface area contributed by atoms with E-state index in [2.05, 4.69) is 31.7 Å². The first-order chi connectivity index (χ1) is 10.9. The zero-order chi connectivity index (χ0) is 17.0. The van der Waals surface area contributed by atoms with Gasteiger partial charge in [0.1, 0.15) is 0 Å². The van der Waals surface area contributed by atoms with E-state index in [-0.39, 0.29) is 38.3 Å². The summed E-state index contributed by atoms with van der Waals surface area (Å²) in [5.41, 5.74) is 2.26. The Morgan fingerprint density at radius 3 is 2.61 bits per heavy atom. The molecule has 1 heterocycles. The van der Waals surface area contributed by atoms with Crippen molar-refractivity contribution in [3.63, 3.8) is 0 Å². The maximum Gasteiger partial charge on any atom is 0.165 e. The Morgan fingerprint density at radius 1 is 1.22 bits per heavy atom. The van der Waals surface area contributed by atoms with E-state index in [0.29, 0.717) is 5.92 Å². The highest BCUT2D eigenvalue weighted by Crippen LogP contribution is 2.39. The summed E-state index contributed by atoms with van der Waals surface area (Å²) in [4.78, 5) is 12.7. The summed E-state index contributed by atoms with van der Waals surface area (Å²) in [6.45, 7) is 8.97. The summed E-state index contributed by atoms with van der Waals surface area (Å²) in [5.74, 6) is 1.75. The van der Waals surface area contributed by atoms with Gasteiger partial charge in [0.25, 0.3) is 0 Å². The van der Waals surface area contributed by atoms with Crippen LogP contribution in [0.15, 0.2) is 11.1 Å². The first-order valence-corrected chi connectivity index (χ1v) is 12.0. The molecule has 2 unspecified atom stereocenters. The smallest absolute Gasteiger partial charge is 0.165 e. The number of carbonyl (C=O) groups excluding carboxylic acids is 1. The Balaban J connectivity index is 1.80. The molecule has 0 fully saturated rings. The van der Waals surface area contributed by atoms with Crippen molar-refractivity contribution in [1.82, 2.24) is 0 Å². The highest BCUT2D eigenvalue weighted by atomic mass is 127. The Kier molecular flexibility index (Phi) is 7.46. The summed E-state index contributed by atoms with van der Waals surface area (Å²) >= 11 is 0.0261. The molecule has 0 saturated heterocycles. The molecule has 3 heteroatoms. The van der Waals surface area contributed by atoms with Crippen LogP contribution >= 0.6 is 20.7 Å². The molecular weight excluding hydrogens is 399 g/mol. The number of hydrogen-bond donors (Lipinski definition) is 1. The molecular formula is C20H33IO2. The highest BCUT2D eigenvalue weighted by Gasteiger charge is 2.40. The lowest BCUT2D eigenvalue weighted by Crippen LogP contribution is -2.40. The maximum absolute atomic E-state index is 12.7. The number of hydrogen-bond acceptors (Lipinski definition) is 2. The van der Waals surface area contributed by atoms with Gasteiger partial charge in [-0.05, 0) is 34.3 Å². The van der Waals surface area contributed by atoms with Gasteiger partial charge in [-0.1, -0.05) is 53.4 Å². The molecule has 132 valence electrons. The van der Waals surface area contributed by atoms with Crippen molar-refractivity contribution >= 4 is 30.5 Å². The number of aliphatic hydroxyl groups is 1. The lowest BCUT2D eigenvalue weighted by molar-refractivity contribution is -0.125. The minimum absolute atomic E-state index is 0.0261. The van der Waals surface area contributed by atoms with E-state index in [4.69, 9.17) is 0 Å². The van der Waals surface area contributed by atoms with Crippen LogP contribution in [-0.4, -0.2) is 25.4 Å². The molecule has 0 aromatic rings. The molecule has 0 spiro atoms. The molecule has 0 saturated carbocycles. The van der Waals surface area contributed by atoms with Crippen LogP contribution in [0.3, 0.4) is 0 Å². The van der Waals surface area contributed by atoms with Gasteiger partial charge >= 0.3 is 0 Å². The molecule has 4 atom stereocenters. The van der Waals surface area contributed by atoms with Crippen molar-refractivity contribution in [2.75, 3.05) is 4.43 Å². The van der Waals surface area contributed by atoms with Gasteiger partial charge in [0.15, 0.2) is 5.78 Å². The number of unbranched alkanes of at least 4 members (excludes halogenated alkanes) is 1. The third-order valence-electron chi connectivity index (χ3n) is 5.50. The number of Topliss-reactive ketones (excluding diaryl/α,β-unsaturated/α-hetero) is 1. The quantitative estimate of drug-likeness (QED) is 0.337. The molecule has 1 N–H and O–H groups in total. The van der Waals surface area contributed by atoms with Gasteiger partial charge in [-0.15, -0.1) is 20.7 Å². The minimum atomic E-state index is -0.465. The fraction of sp³-hybridized carbons (Fsp3) is 0.800. The number of rotatable bonds is 8. The Labute approximate surface area is 151 Å². The lowest BCUT2D eigenvalue weighted by Gasteiger charge is -2.33. The number of ketones is 1. The van der Waals surface area contributed by atoms with Gasteiger partial charge < -0.3 is 5.11 Å². The second-order valence-electron chi connectivity index (χ2n) is 7.94. The second-order valence-corrected chi connectivity index (χ2v) is 10.2. The average molecular weight is 432 g/mol. The Bertz CT molecular complexity index is 478. The Morgan fingerprint density at radius 2 is 1.91 bits per heavy atom. The van der Waals surface area contributed by atoms with Gasteiger partial charge in [0.2, 0.25) is 0 Å². The topological polar surface area (TPSA) is 37.3 Å². The summed E-state index contributed by atoms with van der Waals surface area (Å²) < 4.78 is 3.28. The van der Waals surface area contributed by atoms with Gasteiger partial charge in [0, 0.05) is 21.8 Å². The zero-order valence-electron chi connectivity index (χ0n) is 15.1. The lowest BCUT2D eigenvalue weighted by atomic mass is 9.73. The SMILES string of the molecule is CC(C)CCCC[C@H](C)CCC1C(=O)C2=C(C=IC2)[C@@H](C)C1O. The predicted octanol–water partition coefficient (Wildman–Crippen LogP) is 4.90. The van der Waals surface area contributed by atoms with Crippen LogP contribution in [0.4, 0.5) is 0 Å². The van der Waals surface area contributed by atoms with Gasteiger partial charge in [-0.3, -0.25) is 4.79 Å². The maximum atomic E-state index is 12.7.